The number of benzene rings is 2. The summed E-state index contributed by atoms with van der Waals surface area (Å²) in [5.74, 6) is -0.0611. The summed E-state index contributed by atoms with van der Waals surface area (Å²) in [5, 5.41) is 4.56. The SMILES string of the molecule is Cc1cc(C(=O)N(C)Cc2ccccc2N2CCCC2)nn1-c1ccccc1. The number of hydrogen-bond acceptors (Lipinski definition) is 3. The van der Waals surface area contributed by atoms with Gasteiger partial charge in [0.15, 0.2) is 5.69 Å². The van der Waals surface area contributed by atoms with Crippen molar-refractivity contribution < 1.29 is 4.79 Å². The van der Waals surface area contributed by atoms with Crippen LogP contribution in [0.3, 0.4) is 0 Å². The highest BCUT2D eigenvalue weighted by Crippen LogP contribution is 2.25. The lowest BCUT2D eigenvalue weighted by Crippen LogP contribution is -2.28. The van der Waals surface area contributed by atoms with Gasteiger partial charge in [-0.25, -0.2) is 4.68 Å². The van der Waals surface area contributed by atoms with E-state index in [1.54, 1.807) is 4.90 Å². The summed E-state index contributed by atoms with van der Waals surface area (Å²) in [7, 11) is 1.85. The number of nitrogens with zero attached hydrogens (tertiary/aromatic N) is 4. The van der Waals surface area contributed by atoms with Crippen molar-refractivity contribution in [3.05, 3.63) is 77.6 Å². The van der Waals surface area contributed by atoms with Gasteiger partial charge in [0.25, 0.3) is 5.91 Å². The Morgan fingerprint density at radius 2 is 1.71 bits per heavy atom. The molecule has 3 aromatic rings. The van der Waals surface area contributed by atoms with E-state index in [-0.39, 0.29) is 5.91 Å². The molecule has 0 atom stereocenters. The molecule has 1 aliphatic heterocycles. The molecule has 0 saturated carbocycles. The van der Waals surface area contributed by atoms with Crippen molar-refractivity contribution >= 4 is 11.6 Å². The van der Waals surface area contributed by atoms with Crippen molar-refractivity contribution in [3.8, 4) is 5.69 Å². The minimum Gasteiger partial charge on any atom is -0.371 e. The van der Waals surface area contributed by atoms with Crippen LogP contribution >= 0.6 is 0 Å². The first-order valence-electron chi connectivity index (χ1n) is 9.84. The van der Waals surface area contributed by atoms with Crippen molar-refractivity contribution in [3.63, 3.8) is 0 Å². The van der Waals surface area contributed by atoms with Crippen molar-refractivity contribution in [2.24, 2.45) is 0 Å². The van der Waals surface area contributed by atoms with Gasteiger partial charge in [-0.05, 0) is 49.6 Å². The number of aryl methyl sites for hydroxylation is 1. The number of carbonyl (C=O) groups excluding carboxylic acids is 1. The average molecular weight is 374 g/mol. The zero-order valence-corrected chi connectivity index (χ0v) is 16.5. The summed E-state index contributed by atoms with van der Waals surface area (Å²) in [6.45, 7) is 4.73. The topological polar surface area (TPSA) is 41.4 Å². The standard InChI is InChI=1S/C23H26N4O/c1-18-16-21(24-27(18)20-11-4-3-5-12-20)23(28)25(2)17-19-10-6-7-13-22(19)26-14-8-9-15-26/h3-7,10-13,16H,8-9,14-15,17H2,1-2H3. The first-order chi connectivity index (χ1) is 13.6. The van der Waals surface area contributed by atoms with E-state index in [1.165, 1.54) is 24.1 Å². The van der Waals surface area contributed by atoms with Crippen LogP contribution in [0.2, 0.25) is 0 Å². The second-order valence-corrected chi connectivity index (χ2v) is 7.40. The van der Waals surface area contributed by atoms with Crippen LogP contribution in [0.1, 0.15) is 34.6 Å². The molecule has 4 rings (SSSR count). The molecule has 0 bridgehead atoms. The lowest BCUT2D eigenvalue weighted by molar-refractivity contribution is 0.0779. The third-order valence-corrected chi connectivity index (χ3v) is 5.30. The Bertz CT molecular complexity index is 958. The fourth-order valence-electron chi connectivity index (χ4n) is 3.84. The molecule has 0 unspecified atom stereocenters. The zero-order chi connectivity index (χ0) is 19.5. The molecular weight excluding hydrogens is 348 g/mol. The Morgan fingerprint density at radius 1 is 1.04 bits per heavy atom. The van der Waals surface area contributed by atoms with Gasteiger partial charge in [0.2, 0.25) is 0 Å². The number of rotatable bonds is 5. The molecule has 1 amide bonds. The molecule has 1 aromatic heterocycles. The van der Waals surface area contributed by atoms with Crippen LogP contribution in [0, 0.1) is 6.92 Å². The van der Waals surface area contributed by atoms with Gasteiger partial charge in [-0.15, -0.1) is 0 Å². The third-order valence-electron chi connectivity index (χ3n) is 5.30. The monoisotopic (exact) mass is 374 g/mol. The van der Waals surface area contributed by atoms with E-state index in [0.717, 1.165) is 24.5 Å². The molecule has 1 saturated heterocycles. The predicted octanol–water partition coefficient (Wildman–Crippen LogP) is 4.05. The molecule has 0 aliphatic carbocycles. The molecule has 5 nitrogen and oxygen atoms in total. The number of aromatic nitrogens is 2. The van der Waals surface area contributed by atoms with Gasteiger partial charge in [0, 0.05) is 38.1 Å². The Labute approximate surface area is 166 Å². The normalized spacial score (nSPS) is 13.7. The van der Waals surface area contributed by atoms with Gasteiger partial charge in [0.05, 0.1) is 5.69 Å². The average Bonchev–Trinajstić information content (AvgIpc) is 3.38. The highest BCUT2D eigenvalue weighted by molar-refractivity contribution is 5.92. The molecule has 0 N–H and O–H groups in total. The van der Waals surface area contributed by atoms with E-state index in [9.17, 15) is 4.79 Å². The molecule has 2 heterocycles. The smallest absolute Gasteiger partial charge is 0.274 e. The lowest BCUT2D eigenvalue weighted by Gasteiger charge is -2.24. The number of anilines is 1. The molecule has 28 heavy (non-hydrogen) atoms. The molecule has 2 aromatic carbocycles. The van der Waals surface area contributed by atoms with Gasteiger partial charge in [-0.1, -0.05) is 36.4 Å². The summed E-state index contributed by atoms with van der Waals surface area (Å²) in [5.41, 5.74) is 4.80. The largest absolute Gasteiger partial charge is 0.371 e. The van der Waals surface area contributed by atoms with Crippen molar-refractivity contribution in [2.75, 3.05) is 25.0 Å². The first kappa shape index (κ1) is 18.3. The maximum Gasteiger partial charge on any atom is 0.274 e. The lowest BCUT2D eigenvalue weighted by atomic mass is 10.1. The zero-order valence-electron chi connectivity index (χ0n) is 16.5. The molecule has 0 radical (unpaired) electrons. The van der Waals surface area contributed by atoms with Crippen LogP contribution in [0.25, 0.3) is 5.69 Å². The van der Waals surface area contributed by atoms with Crippen molar-refractivity contribution in [1.82, 2.24) is 14.7 Å². The Morgan fingerprint density at radius 3 is 2.46 bits per heavy atom. The summed E-state index contributed by atoms with van der Waals surface area (Å²) >= 11 is 0. The van der Waals surface area contributed by atoms with Gasteiger partial charge in [-0.2, -0.15) is 5.10 Å². The fraction of sp³-hybridized carbons (Fsp3) is 0.304. The Kier molecular flexibility index (Phi) is 5.15. The molecular formula is C23H26N4O. The van der Waals surface area contributed by atoms with Crippen molar-refractivity contribution in [2.45, 2.75) is 26.3 Å². The van der Waals surface area contributed by atoms with E-state index in [1.807, 2.05) is 61.1 Å². The van der Waals surface area contributed by atoms with Crippen LogP contribution in [0.5, 0.6) is 0 Å². The molecule has 0 spiro atoms. The number of carbonyl (C=O) groups is 1. The molecule has 1 fully saturated rings. The number of hydrogen-bond donors (Lipinski definition) is 0. The Hall–Kier alpha value is -3.08. The maximum absolute atomic E-state index is 13.0. The minimum absolute atomic E-state index is 0.0611. The summed E-state index contributed by atoms with van der Waals surface area (Å²) in [6.07, 6.45) is 2.47. The second kappa shape index (κ2) is 7.89. The van der Waals surface area contributed by atoms with E-state index in [4.69, 9.17) is 0 Å². The number of para-hydroxylation sites is 2. The van der Waals surface area contributed by atoms with Crippen LogP contribution < -0.4 is 4.90 Å². The predicted molar refractivity (Wildman–Crippen MR) is 112 cm³/mol. The summed E-state index contributed by atoms with van der Waals surface area (Å²) < 4.78 is 1.82. The fourth-order valence-corrected chi connectivity index (χ4v) is 3.84. The maximum atomic E-state index is 13.0. The van der Waals surface area contributed by atoms with E-state index < -0.39 is 0 Å². The van der Waals surface area contributed by atoms with Crippen LogP contribution in [-0.4, -0.2) is 40.7 Å². The Balaban J connectivity index is 1.54. The number of amides is 1. The van der Waals surface area contributed by atoms with E-state index in [0.29, 0.717) is 12.2 Å². The summed E-state index contributed by atoms with van der Waals surface area (Å²) in [6, 6.07) is 20.1. The van der Waals surface area contributed by atoms with Crippen LogP contribution in [0.15, 0.2) is 60.7 Å². The third kappa shape index (κ3) is 3.65. The molecule has 144 valence electrons. The van der Waals surface area contributed by atoms with Crippen LogP contribution in [0.4, 0.5) is 5.69 Å². The highest BCUT2D eigenvalue weighted by atomic mass is 16.2. The quantitative estimate of drug-likeness (QED) is 0.676. The van der Waals surface area contributed by atoms with Gasteiger partial charge in [-0.3, -0.25) is 4.79 Å². The van der Waals surface area contributed by atoms with Gasteiger partial charge >= 0.3 is 0 Å². The second-order valence-electron chi connectivity index (χ2n) is 7.40. The van der Waals surface area contributed by atoms with E-state index >= 15 is 0 Å². The highest BCUT2D eigenvalue weighted by Gasteiger charge is 2.20. The van der Waals surface area contributed by atoms with Crippen molar-refractivity contribution in [1.29, 1.82) is 0 Å². The molecule has 5 heteroatoms. The van der Waals surface area contributed by atoms with E-state index in [2.05, 4.69) is 28.2 Å². The van der Waals surface area contributed by atoms with Gasteiger partial charge < -0.3 is 9.80 Å². The minimum atomic E-state index is -0.0611. The van der Waals surface area contributed by atoms with Gasteiger partial charge in [0.1, 0.15) is 0 Å². The first-order valence-corrected chi connectivity index (χ1v) is 9.84. The summed E-state index contributed by atoms with van der Waals surface area (Å²) in [4.78, 5) is 17.2. The molecule has 1 aliphatic rings. The van der Waals surface area contributed by atoms with Crippen LogP contribution in [-0.2, 0) is 6.54 Å².